The summed E-state index contributed by atoms with van der Waals surface area (Å²) in [7, 11) is 0. The number of rotatable bonds is 3. The van der Waals surface area contributed by atoms with Gasteiger partial charge in [0.1, 0.15) is 5.82 Å². The Balaban J connectivity index is 2.05. The number of anilines is 1. The number of fused-ring (bicyclic) bond motifs is 1. The first-order chi connectivity index (χ1) is 9.95. The highest BCUT2D eigenvalue weighted by atomic mass is 16.5. The van der Waals surface area contributed by atoms with Crippen LogP contribution in [0.4, 0.5) is 5.69 Å². The maximum absolute atomic E-state index is 5.86. The smallest absolute Gasteiger partial charge is 0.213 e. The molecular formula is C15H19N5O. The van der Waals surface area contributed by atoms with Gasteiger partial charge >= 0.3 is 0 Å². The Labute approximate surface area is 123 Å². The Morgan fingerprint density at radius 1 is 1.29 bits per heavy atom. The molecule has 0 aliphatic rings. The van der Waals surface area contributed by atoms with Gasteiger partial charge in [-0.3, -0.25) is 0 Å². The molecule has 0 radical (unpaired) electrons. The molecule has 0 fully saturated rings. The molecular weight excluding hydrogens is 266 g/mol. The number of hydrogen-bond donors (Lipinski definition) is 1. The van der Waals surface area contributed by atoms with Crippen LogP contribution in [0.1, 0.15) is 32.4 Å². The number of aryl methyl sites for hydroxylation is 2. The van der Waals surface area contributed by atoms with Crippen LogP contribution in [0, 0.1) is 0 Å². The molecule has 0 bridgehead atoms. The molecule has 2 N–H and O–H groups in total. The topological polar surface area (TPSA) is 82.8 Å². The van der Waals surface area contributed by atoms with Crippen LogP contribution in [0.2, 0.25) is 0 Å². The van der Waals surface area contributed by atoms with Gasteiger partial charge in [0.25, 0.3) is 0 Å². The summed E-state index contributed by atoms with van der Waals surface area (Å²) in [5, 5.41) is 3.86. The van der Waals surface area contributed by atoms with Crippen molar-refractivity contribution in [2.24, 2.45) is 0 Å². The number of nitrogens with zero attached hydrogens (tertiary/aromatic N) is 4. The van der Waals surface area contributed by atoms with E-state index in [2.05, 4.69) is 35.5 Å². The van der Waals surface area contributed by atoms with Crippen LogP contribution in [0.15, 0.2) is 29.1 Å². The molecule has 3 aromatic rings. The van der Waals surface area contributed by atoms with E-state index in [1.165, 1.54) is 6.39 Å². The number of imidazole rings is 1. The summed E-state index contributed by atoms with van der Waals surface area (Å²) in [6, 6.07) is 5.83. The number of nitrogen functional groups attached to an aromatic ring is 1. The van der Waals surface area contributed by atoms with Gasteiger partial charge in [-0.05, 0) is 18.2 Å². The van der Waals surface area contributed by atoms with Crippen molar-refractivity contribution < 1.29 is 4.52 Å². The highest BCUT2D eigenvalue weighted by molar-refractivity contribution is 5.79. The lowest BCUT2D eigenvalue weighted by Crippen LogP contribution is -2.20. The Morgan fingerprint density at radius 3 is 2.76 bits per heavy atom. The molecule has 21 heavy (non-hydrogen) atoms. The number of hydrogen-bond acceptors (Lipinski definition) is 5. The highest BCUT2D eigenvalue weighted by Gasteiger charge is 2.23. The van der Waals surface area contributed by atoms with E-state index in [0.717, 1.165) is 29.1 Å². The third-order valence-electron chi connectivity index (χ3n) is 3.41. The quantitative estimate of drug-likeness (QED) is 0.748. The summed E-state index contributed by atoms with van der Waals surface area (Å²) >= 11 is 0. The lowest BCUT2D eigenvalue weighted by molar-refractivity contribution is 0.407. The van der Waals surface area contributed by atoms with Crippen LogP contribution in [0.5, 0.6) is 0 Å². The van der Waals surface area contributed by atoms with Gasteiger partial charge in [-0.25, -0.2) is 4.98 Å². The van der Waals surface area contributed by atoms with Gasteiger partial charge in [-0.2, -0.15) is 4.98 Å². The molecule has 0 saturated heterocycles. The molecule has 0 aliphatic heterocycles. The molecule has 0 aliphatic carbocycles. The molecule has 2 heterocycles. The molecule has 2 aromatic heterocycles. The maximum Gasteiger partial charge on any atom is 0.213 e. The van der Waals surface area contributed by atoms with E-state index in [1.807, 2.05) is 18.2 Å². The molecule has 0 saturated carbocycles. The largest absolute Gasteiger partial charge is 0.399 e. The van der Waals surface area contributed by atoms with Crippen molar-refractivity contribution in [1.82, 2.24) is 19.7 Å². The average Bonchev–Trinajstić information content (AvgIpc) is 3.01. The van der Waals surface area contributed by atoms with Crippen molar-refractivity contribution in [3.05, 3.63) is 36.2 Å². The zero-order valence-electron chi connectivity index (χ0n) is 12.5. The predicted molar refractivity (Wildman–Crippen MR) is 80.8 cm³/mol. The van der Waals surface area contributed by atoms with Crippen LogP contribution in [-0.2, 0) is 18.4 Å². The molecule has 110 valence electrons. The Morgan fingerprint density at radius 2 is 2.10 bits per heavy atom. The zero-order valence-corrected chi connectivity index (χ0v) is 12.5. The minimum Gasteiger partial charge on any atom is -0.399 e. The van der Waals surface area contributed by atoms with Crippen LogP contribution in [0.3, 0.4) is 0 Å². The third-order valence-corrected chi connectivity index (χ3v) is 3.41. The first kappa shape index (κ1) is 13.6. The van der Waals surface area contributed by atoms with Crippen LogP contribution < -0.4 is 5.73 Å². The van der Waals surface area contributed by atoms with Gasteiger partial charge in [-0.15, -0.1) is 0 Å². The molecule has 3 rings (SSSR count). The van der Waals surface area contributed by atoms with E-state index in [4.69, 9.17) is 15.2 Å². The summed E-state index contributed by atoms with van der Waals surface area (Å²) < 4.78 is 7.00. The van der Waals surface area contributed by atoms with Crippen LogP contribution in [0.25, 0.3) is 11.0 Å². The van der Waals surface area contributed by atoms with E-state index >= 15 is 0 Å². The standard InChI is InChI=1S/C15H19N5O/c1-15(2,3)14-18-11-8-10(16)4-5-12(11)20(14)7-6-13-17-9-21-19-13/h4-5,8-9H,6-7,16H2,1-3H3. The van der Waals surface area contributed by atoms with Crippen molar-refractivity contribution in [2.75, 3.05) is 5.73 Å². The van der Waals surface area contributed by atoms with Crippen LogP contribution in [-0.4, -0.2) is 19.7 Å². The monoisotopic (exact) mass is 285 g/mol. The van der Waals surface area contributed by atoms with Crippen molar-refractivity contribution in [1.29, 1.82) is 0 Å². The average molecular weight is 285 g/mol. The third kappa shape index (κ3) is 2.61. The number of aromatic nitrogens is 4. The Kier molecular flexibility index (Phi) is 3.16. The highest BCUT2D eigenvalue weighted by Crippen LogP contribution is 2.27. The minimum absolute atomic E-state index is 0.0506. The second kappa shape index (κ2) is 4.87. The SMILES string of the molecule is CC(C)(C)c1nc2cc(N)ccc2n1CCc1ncon1. The normalized spacial score (nSPS) is 12.1. The summed E-state index contributed by atoms with van der Waals surface area (Å²) in [6.45, 7) is 7.22. The summed E-state index contributed by atoms with van der Waals surface area (Å²) in [5.41, 5.74) is 8.54. The van der Waals surface area contributed by atoms with E-state index in [1.54, 1.807) is 0 Å². The number of nitrogens with two attached hydrogens (primary N) is 1. The molecule has 6 nitrogen and oxygen atoms in total. The van der Waals surface area contributed by atoms with E-state index in [-0.39, 0.29) is 5.41 Å². The predicted octanol–water partition coefficient (Wildman–Crippen LogP) is 2.54. The molecule has 1 aromatic carbocycles. The van der Waals surface area contributed by atoms with E-state index in [9.17, 15) is 0 Å². The van der Waals surface area contributed by atoms with Crippen molar-refractivity contribution in [2.45, 2.75) is 39.2 Å². The van der Waals surface area contributed by atoms with Gasteiger partial charge in [-0.1, -0.05) is 25.9 Å². The van der Waals surface area contributed by atoms with Crippen molar-refractivity contribution in [3.63, 3.8) is 0 Å². The van der Waals surface area contributed by atoms with Crippen molar-refractivity contribution in [3.8, 4) is 0 Å². The van der Waals surface area contributed by atoms with Gasteiger partial charge in [0.05, 0.1) is 11.0 Å². The second-order valence-electron chi connectivity index (χ2n) is 6.18. The lowest BCUT2D eigenvalue weighted by atomic mass is 9.95. The molecule has 0 spiro atoms. The first-order valence-corrected chi connectivity index (χ1v) is 6.96. The molecule has 6 heteroatoms. The fourth-order valence-electron chi connectivity index (χ4n) is 2.46. The zero-order chi connectivity index (χ0) is 15.0. The van der Waals surface area contributed by atoms with Crippen molar-refractivity contribution >= 4 is 16.7 Å². The maximum atomic E-state index is 5.86. The lowest BCUT2D eigenvalue weighted by Gasteiger charge is -2.19. The van der Waals surface area contributed by atoms with Gasteiger partial charge in [0.15, 0.2) is 5.82 Å². The van der Waals surface area contributed by atoms with Gasteiger partial charge in [0.2, 0.25) is 6.39 Å². The second-order valence-corrected chi connectivity index (χ2v) is 6.18. The molecule has 0 atom stereocenters. The summed E-state index contributed by atoms with van der Waals surface area (Å²) in [4.78, 5) is 8.83. The first-order valence-electron chi connectivity index (χ1n) is 6.96. The fourth-order valence-corrected chi connectivity index (χ4v) is 2.46. The van der Waals surface area contributed by atoms with Gasteiger partial charge in [0, 0.05) is 24.1 Å². The Hall–Kier alpha value is -2.37. The van der Waals surface area contributed by atoms with E-state index < -0.39 is 0 Å². The minimum atomic E-state index is -0.0506. The fraction of sp³-hybridized carbons (Fsp3) is 0.400. The van der Waals surface area contributed by atoms with Gasteiger partial charge < -0.3 is 14.8 Å². The molecule has 0 unspecified atom stereocenters. The Bertz CT molecular complexity index is 752. The summed E-state index contributed by atoms with van der Waals surface area (Å²) in [5.74, 6) is 1.73. The van der Waals surface area contributed by atoms with E-state index in [0.29, 0.717) is 12.2 Å². The number of benzene rings is 1. The molecule has 0 amide bonds. The summed E-state index contributed by atoms with van der Waals surface area (Å²) in [6.07, 6.45) is 2.06. The van der Waals surface area contributed by atoms with Crippen LogP contribution >= 0.6 is 0 Å².